The number of amides is 1. The molecule has 0 aromatic heterocycles. The third-order valence-corrected chi connectivity index (χ3v) is 13.9. The van der Waals surface area contributed by atoms with E-state index in [-0.39, 0.29) is 22.9 Å². The Kier molecular flexibility index (Phi) is 10.4. The molecule has 5 rings (SSSR count). The molecule has 1 aliphatic heterocycles. The molecule has 234 valence electrons. The molecule has 3 atom stereocenters. The number of hydrogen-bond acceptors (Lipinski definition) is 4. The largest absolute Gasteiger partial charge is 0.497 e. The number of rotatable bonds is 13. The summed E-state index contributed by atoms with van der Waals surface area (Å²) in [6.07, 6.45) is 1.91. The van der Waals surface area contributed by atoms with Gasteiger partial charge in [-0.25, -0.2) is 0 Å². The van der Waals surface area contributed by atoms with E-state index in [0.29, 0.717) is 26.2 Å². The van der Waals surface area contributed by atoms with E-state index < -0.39 is 14.4 Å². The lowest BCUT2D eigenvalue weighted by molar-refractivity contribution is -0.140. The molecule has 5 nitrogen and oxygen atoms in total. The van der Waals surface area contributed by atoms with Crippen molar-refractivity contribution < 1.29 is 18.7 Å². The second-order valence-electron chi connectivity index (χ2n) is 12.8. The van der Waals surface area contributed by atoms with E-state index in [1.807, 2.05) is 65.6 Å². The van der Waals surface area contributed by atoms with Gasteiger partial charge < -0.3 is 18.8 Å². The molecule has 45 heavy (non-hydrogen) atoms. The lowest BCUT2D eigenvalue weighted by Gasteiger charge is -2.44. The zero-order valence-corrected chi connectivity index (χ0v) is 27.9. The van der Waals surface area contributed by atoms with Crippen molar-refractivity contribution in [3.63, 3.8) is 0 Å². The van der Waals surface area contributed by atoms with Crippen molar-refractivity contribution in [2.75, 3.05) is 13.7 Å². The lowest BCUT2D eigenvalue weighted by Crippen LogP contribution is -2.67. The van der Waals surface area contributed by atoms with Crippen LogP contribution in [0.25, 0.3) is 0 Å². The highest BCUT2D eigenvalue weighted by molar-refractivity contribution is 6.99. The number of hydrogen-bond donors (Lipinski definition) is 0. The number of ether oxygens (including phenoxy) is 2. The van der Waals surface area contributed by atoms with E-state index in [4.69, 9.17) is 13.9 Å². The van der Waals surface area contributed by atoms with E-state index in [9.17, 15) is 4.79 Å². The van der Waals surface area contributed by atoms with Crippen LogP contribution < -0.4 is 15.1 Å². The second kappa shape index (κ2) is 14.4. The van der Waals surface area contributed by atoms with Crippen molar-refractivity contribution in [1.29, 1.82) is 0 Å². The smallest absolute Gasteiger partial charge is 0.261 e. The van der Waals surface area contributed by atoms with Gasteiger partial charge >= 0.3 is 0 Å². The summed E-state index contributed by atoms with van der Waals surface area (Å²) < 4.78 is 19.3. The van der Waals surface area contributed by atoms with E-state index in [2.05, 4.69) is 88.0 Å². The second-order valence-corrected chi connectivity index (χ2v) is 17.1. The number of benzene rings is 4. The predicted octanol–water partition coefficient (Wildman–Crippen LogP) is 6.76. The third kappa shape index (κ3) is 6.99. The Morgan fingerprint density at radius 2 is 1.36 bits per heavy atom. The first kappa shape index (κ1) is 32.4. The van der Waals surface area contributed by atoms with Crippen molar-refractivity contribution in [1.82, 2.24) is 4.90 Å². The molecular weight excluding hydrogens is 575 g/mol. The summed E-state index contributed by atoms with van der Waals surface area (Å²) >= 11 is 0. The monoisotopic (exact) mass is 619 g/mol. The van der Waals surface area contributed by atoms with E-state index in [1.54, 1.807) is 7.11 Å². The molecule has 1 amide bonds. The third-order valence-electron chi connectivity index (χ3n) is 8.91. The highest BCUT2D eigenvalue weighted by atomic mass is 28.4. The molecule has 1 saturated heterocycles. The van der Waals surface area contributed by atoms with Crippen molar-refractivity contribution in [3.8, 4) is 5.75 Å². The van der Waals surface area contributed by atoms with Crippen LogP contribution in [0.15, 0.2) is 128 Å². The molecule has 6 heteroatoms. The van der Waals surface area contributed by atoms with Gasteiger partial charge in [-0.3, -0.25) is 4.79 Å². The normalized spacial score (nSPS) is 18.6. The molecule has 1 heterocycles. The fourth-order valence-electron chi connectivity index (χ4n) is 6.67. The molecular formula is C39H45NO4Si. The summed E-state index contributed by atoms with van der Waals surface area (Å²) in [5, 5.41) is 2.24. The van der Waals surface area contributed by atoms with Crippen LogP contribution in [-0.2, 0) is 27.1 Å². The first-order chi connectivity index (χ1) is 21.8. The molecule has 0 aliphatic carbocycles. The predicted molar refractivity (Wildman–Crippen MR) is 184 cm³/mol. The number of carbonyl (C=O) groups excluding carboxylic acids is 1. The van der Waals surface area contributed by atoms with Gasteiger partial charge in [-0.1, -0.05) is 130 Å². The van der Waals surface area contributed by atoms with Crippen LogP contribution in [0.1, 0.15) is 38.3 Å². The summed E-state index contributed by atoms with van der Waals surface area (Å²) in [6, 6.07) is 39.1. The summed E-state index contributed by atoms with van der Waals surface area (Å²) in [6.45, 7) is 12.1. The first-order valence-electron chi connectivity index (χ1n) is 15.7. The first-order valence-corrected chi connectivity index (χ1v) is 17.6. The van der Waals surface area contributed by atoms with E-state index >= 15 is 0 Å². The van der Waals surface area contributed by atoms with Crippen LogP contribution in [0, 0.1) is 5.92 Å². The Balaban J connectivity index is 1.53. The van der Waals surface area contributed by atoms with Crippen LogP contribution in [0.4, 0.5) is 0 Å². The topological polar surface area (TPSA) is 48.0 Å². The van der Waals surface area contributed by atoms with Gasteiger partial charge in [0.25, 0.3) is 14.2 Å². The maximum Gasteiger partial charge on any atom is 0.261 e. The molecule has 1 fully saturated rings. The van der Waals surface area contributed by atoms with Gasteiger partial charge in [0, 0.05) is 25.1 Å². The zero-order chi connectivity index (χ0) is 31.9. The fraction of sp³-hybridized carbons (Fsp3) is 0.308. The van der Waals surface area contributed by atoms with Gasteiger partial charge in [-0.2, -0.15) is 0 Å². The average Bonchev–Trinajstić information content (AvgIpc) is 3.30. The zero-order valence-electron chi connectivity index (χ0n) is 26.9. The van der Waals surface area contributed by atoms with Gasteiger partial charge in [0.1, 0.15) is 11.9 Å². The molecule has 0 radical (unpaired) electrons. The Bertz CT molecular complexity index is 1480. The number of carbonyl (C=O) groups is 1. The van der Waals surface area contributed by atoms with Crippen molar-refractivity contribution >= 4 is 24.6 Å². The van der Waals surface area contributed by atoms with Crippen molar-refractivity contribution in [3.05, 3.63) is 139 Å². The minimum atomic E-state index is -2.84. The lowest BCUT2D eigenvalue weighted by atomic mass is 9.96. The molecule has 0 unspecified atom stereocenters. The molecule has 1 aliphatic rings. The van der Waals surface area contributed by atoms with Crippen molar-refractivity contribution in [2.24, 2.45) is 5.92 Å². The molecule has 4 aromatic carbocycles. The van der Waals surface area contributed by atoms with Crippen LogP contribution in [0.5, 0.6) is 5.75 Å². The van der Waals surface area contributed by atoms with Gasteiger partial charge in [0.05, 0.1) is 13.7 Å². The minimum Gasteiger partial charge on any atom is -0.497 e. The average molecular weight is 620 g/mol. The summed E-state index contributed by atoms with van der Waals surface area (Å²) in [5.74, 6) is 0.582. The summed E-state index contributed by atoms with van der Waals surface area (Å²) in [7, 11) is -1.18. The fourth-order valence-corrected chi connectivity index (χ4v) is 11.3. The van der Waals surface area contributed by atoms with Gasteiger partial charge in [0.2, 0.25) is 0 Å². The Morgan fingerprint density at radius 3 is 1.87 bits per heavy atom. The summed E-state index contributed by atoms with van der Waals surface area (Å²) in [5.41, 5.74) is 2.07. The highest BCUT2D eigenvalue weighted by Crippen LogP contribution is 2.39. The van der Waals surface area contributed by atoms with E-state index in [1.165, 1.54) is 10.4 Å². The Labute approximate surface area is 269 Å². The quantitative estimate of drug-likeness (QED) is 0.123. The molecule has 0 saturated carbocycles. The maximum absolute atomic E-state index is 14.3. The van der Waals surface area contributed by atoms with E-state index in [0.717, 1.165) is 16.9 Å². The molecule has 4 aromatic rings. The Hall–Kier alpha value is -3.97. The SMILES string of the molecule is C=CC[C@@H]1[C@@H](CO[Si](c2ccccc2)(c2ccccc2)C(C)(C)C)[C@H](OCc2ccccc2)C(=O)N1Cc1ccc(OC)cc1. The van der Waals surface area contributed by atoms with Gasteiger partial charge in [-0.15, -0.1) is 6.58 Å². The maximum atomic E-state index is 14.3. The number of nitrogens with zero attached hydrogens (tertiary/aromatic N) is 1. The van der Waals surface area contributed by atoms with Crippen LogP contribution in [0.2, 0.25) is 5.04 Å². The van der Waals surface area contributed by atoms with Crippen LogP contribution in [-0.4, -0.2) is 45.0 Å². The minimum absolute atomic E-state index is 0.00959. The van der Waals surface area contributed by atoms with Gasteiger partial charge in [-0.05, 0) is 45.1 Å². The van der Waals surface area contributed by atoms with Gasteiger partial charge in [0.15, 0.2) is 0 Å². The number of likely N-dealkylation sites (tertiary alicyclic amines) is 1. The highest BCUT2D eigenvalue weighted by Gasteiger charge is 2.53. The Morgan fingerprint density at radius 1 is 0.800 bits per heavy atom. The standard InChI is InChI=1S/C39H45NO4Si/c1-6-16-36-35(29-44-45(39(2,3)4,33-19-12-8-13-20-33)34-21-14-9-15-22-34)37(43-28-31-17-10-7-11-18-31)38(41)40(36)27-30-23-25-32(42-5)26-24-30/h6-15,17-26,35-37H,1,16,27-29H2,2-5H3/t35-,36-,37+/m1/s1. The molecule has 0 N–H and O–H groups in total. The van der Waals surface area contributed by atoms with Crippen molar-refractivity contribution in [2.45, 2.75) is 57.5 Å². The van der Waals surface area contributed by atoms with Crippen LogP contribution >= 0.6 is 0 Å². The number of methoxy groups -OCH3 is 1. The molecule has 0 spiro atoms. The molecule has 0 bridgehead atoms. The summed E-state index contributed by atoms with van der Waals surface area (Å²) in [4.78, 5) is 16.3. The van der Waals surface area contributed by atoms with Crippen LogP contribution in [0.3, 0.4) is 0 Å².